The van der Waals surface area contributed by atoms with E-state index in [1.165, 1.54) is 7.11 Å². The number of rotatable bonds is 3. The van der Waals surface area contributed by atoms with Crippen LogP contribution in [-0.2, 0) is 4.74 Å². The van der Waals surface area contributed by atoms with Gasteiger partial charge >= 0.3 is 5.97 Å². The molecule has 1 unspecified atom stereocenters. The summed E-state index contributed by atoms with van der Waals surface area (Å²) in [5.74, 6) is -0.357. The van der Waals surface area contributed by atoms with Crippen LogP contribution in [0, 0.1) is 0 Å². The number of hydrogen-bond donors (Lipinski definition) is 1. The molecule has 0 bridgehead atoms. The van der Waals surface area contributed by atoms with Crippen LogP contribution in [0.1, 0.15) is 10.4 Å². The highest BCUT2D eigenvalue weighted by Gasteiger charge is 2.34. The monoisotopic (exact) mass is 240 g/mol. The van der Waals surface area contributed by atoms with Crippen molar-refractivity contribution in [1.82, 2.24) is 0 Å². The number of carbonyl (C=O) groups excluding carboxylic acids is 1. The Morgan fingerprint density at radius 2 is 2.44 bits per heavy atom. The van der Waals surface area contributed by atoms with Crippen molar-refractivity contribution in [2.45, 2.75) is 6.04 Å². The number of esters is 1. The summed E-state index contributed by atoms with van der Waals surface area (Å²) >= 11 is 6.07. The Labute approximate surface area is 98.9 Å². The molecule has 1 aliphatic rings. The predicted molar refractivity (Wildman–Crippen MR) is 63.0 cm³/mol. The molecule has 1 saturated heterocycles. The third-order valence-corrected chi connectivity index (χ3v) is 2.98. The van der Waals surface area contributed by atoms with Crippen molar-refractivity contribution in [2.75, 3.05) is 25.1 Å². The molecule has 1 fully saturated rings. The molecule has 2 rings (SSSR count). The van der Waals surface area contributed by atoms with Gasteiger partial charge in [0.15, 0.2) is 0 Å². The first-order chi connectivity index (χ1) is 7.67. The van der Waals surface area contributed by atoms with E-state index in [4.69, 9.17) is 17.3 Å². The van der Waals surface area contributed by atoms with E-state index in [1.54, 1.807) is 18.2 Å². The highest BCUT2D eigenvalue weighted by atomic mass is 35.5. The summed E-state index contributed by atoms with van der Waals surface area (Å²) in [5, 5.41) is 0.628. The standard InChI is InChI=1S/C11H13ClN2O2/c1-16-11(15)7-2-3-9(12)10(4-7)14-6-8(14)5-13/h2-4,8H,5-6,13H2,1H3. The maximum Gasteiger partial charge on any atom is 0.337 e. The number of carbonyl (C=O) groups is 1. The molecule has 1 heterocycles. The van der Waals surface area contributed by atoms with Gasteiger partial charge in [-0.25, -0.2) is 4.79 Å². The summed E-state index contributed by atoms with van der Waals surface area (Å²) in [6.45, 7) is 1.49. The Kier molecular flexibility index (Phi) is 3.03. The zero-order valence-corrected chi connectivity index (χ0v) is 9.70. The number of ether oxygens (including phenoxy) is 1. The fourth-order valence-corrected chi connectivity index (χ4v) is 1.88. The molecule has 1 aromatic rings. The molecule has 0 amide bonds. The fourth-order valence-electron chi connectivity index (χ4n) is 1.65. The first kappa shape index (κ1) is 11.2. The van der Waals surface area contributed by atoms with Crippen molar-refractivity contribution in [1.29, 1.82) is 0 Å². The van der Waals surface area contributed by atoms with E-state index >= 15 is 0 Å². The van der Waals surface area contributed by atoms with Crippen LogP contribution in [0.4, 0.5) is 5.69 Å². The third-order valence-electron chi connectivity index (χ3n) is 2.66. The summed E-state index contributed by atoms with van der Waals surface area (Å²) in [4.78, 5) is 13.4. The SMILES string of the molecule is COC(=O)c1ccc(Cl)c(N2CC2CN)c1. The molecule has 4 nitrogen and oxygen atoms in total. The van der Waals surface area contributed by atoms with E-state index in [2.05, 4.69) is 9.64 Å². The van der Waals surface area contributed by atoms with Crippen LogP contribution in [0.15, 0.2) is 18.2 Å². The number of methoxy groups -OCH3 is 1. The number of halogens is 1. The normalized spacial score (nSPS) is 18.4. The minimum atomic E-state index is -0.357. The summed E-state index contributed by atoms with van der Waals surface area (Å²) < 4.78 is 4.66. The number of hydrogen-bond acceptors (Lipinski definition) is 4. The van der Waals surface area contributed by atoms with E-state index in [-0.39, 0.29) is 5.97 Å². The van der Waals surface area contributed by atoms with Crippen molar-refractivity contribution in [3.63, 3.8) is 0 Å². The van der Waals surface area contributed by atoms with Crippen molar-refractivity contribution in [3.8, 4) is 0 Å². The van der Waals surface area contributed by atoms with Crippen molar-refractivity contribution < 1.29 is 9.53 Å². The van der Waals surface area contributed by atoms with Crippen LogP contribution in [0.3, 0.4) is 0 Å². The van der Waals surface area contributed by atoms with Crippen LogP contribution in [0.5, 0.6) is 0 Å². The van der Waals surface area contributed by atoms with Crippen molar-refractivity contribution in [2.24, 2.45) is 5.73 Å². The van der Waals surface area contributed by atoms with Crippen LogP contribution in [-0.4, -0.2) is 32.2 Å². The van der Waals surface area contributed by atoms with Gasteiger partial charge in [0.1, 0.15) is 0 Å². The summed E-state index contributed by atoms with van der Waals surface area (Å²) in [5.41, 5.74) is 6.91. The van der Waals surface area contributed by atoms with Gasteiger partial charge in [0, 0.05) is 13.1 Å². The molecular weight excluding hydrogens is 228 g/mol. The molecule has 1 aliphatic heterocycles. The summed E-state index contributed by atoms with van der Waals surface area (Å²) in [6, 6.07) is 5.43. The van der Waals surface area contributed by atoms with Gasteiger partial charge in [-0.15, -0.1) is 0 Å². The highest BCUT2D eigenvalue weighted by Crippen LogP contribution is 2.34. The Morgan fingerprint density at radius 1 is 1.69 bits per heavy atom. The van der Waals surface area contributed by atoms with Gasteiger partial charge in [0.05, 0.1) is 29.4 Å². The molecule has 1 aromatic carbocycles. The van der Waals surface area contributed by atoms with E-state index < -0.39 is 0 Å². The average molecular weight is 241 g/mol. The second-order valence-corrected chi connectivity index (χ2v) is 4.11. The van der Waals surface area contributed by atoms with Gasteiger partial charge in [-0.3, -0.25) is 0 Å². The number of nitrogens with zero attached hydrogens (tertiary/aromatic N) is 1. The second-order valence-electron chi connectivity index (χ2n) is 3.70. The lowest BCUT2D eigenvalue weighted by molar-refractivity contribution is 0.0601. The molecule has 0 spiro atoms. The Bertz CT molecular complexity index is 422. The maximum atomic E-state index is 11.4. The topological polar surface area (TPSA) is 55.3 Å². The van der Waals surface area contributed by atoms with Crippen molar-refractivity contribution in [3.05, 3.63) is 28.8 Å². The van der Waals surface area contributed by atoms with Crippen LogP contribution < -0.4 is 10.6 Å². The zero-order valence-electron chi connectivity index (χ0n) is 8.94. The highest BCUT2D eigenvalue weighted by molar-refractivity contribution is 6.33. The zero-order chi connectivity index (χ0) is 11.7. The number of anilines is 1. The van der Waals surface area contributed by atoms with Gasteiger partial charge in [0.25, 0.3) is 0 Å². The van der Waals surface area contributed by atoms with E-state index in [0.717, 1.165) is 12.2 Å². The first-order valence-corrected chi connectivity index (χ1v) is 5.39. The fraction of sp³-hybridized carbons (Fsp3) is 0.364. The van der Waals surface area contributed by atoms with Crippen LogP contribution in [0.2, 0.25) is 5.02 Å². The van der Waals surface area contributed by atoms with Gasteiger partial charge in [-0.05, 0) is 18.2 Å². The molecule has 86 valence electrons. The summed E-state index contributed by atoms with van der Waals surface area (Å²) in [7, 11) is 1.36. The second kappa shape index (κ2) is 4.31. The Balaban J connectivity index is 2.27. The molecule has 5 heteroatoms. The van der Waals surface area contributed by atoms with Gasteiger partial charge in [-0.1, -0.05) is 11.6 Å². The van der Waals surface area contributed by atoms with Gasteiger partial charge in [0.2, 0.25) is 0 Å². The van der Waals surface area contributed by atoms with Crippen LogP contribution >= 0.6 is 11.6 Å². The lowest BCUT2D eigenvalue weighted by Gasteiger charge is -2.09. The van der Waals surface area contributed by atoms with E-state index in [0.29, 0.717) is 23.2 Å². The number of benzene rings is 1. The Hall–Kier alpha value is -1.26. The van der Waals surface area contributed by atoms with E-state index in [1.807, 2.05) is 0 Å². The minimum Gasteiger partial charge on any atom is -0.465 e. The number of nitrogens with two attached hydrogens (primary N) is 1. The van der Waals surface area contributed by atoms with E-state index in [9.17, 15) is 4.79 Å². The molecular formula is C11H13ClN2O2. The molecule has 1 atom stereocenters. The molecule has 16 heavy (non-hydrogen) atoms. The molecule has 0 radical (unpaired) electrons. The van der Waals surface area contributed by atoms with Gasteiger partial charge < -0.3 is 15.4 Å². The van der Waals surface area contributed by atoms with Crippen molar-refractivity contribution >= 4 is 23.3 Å². The molecule has 2 N–H and O–H groups in total. The molecule has 0 aliphatic carbocycles. The quantitative estimate of drug-likeness (QED) is 0.639. The minimum absolute atomic E-state index is 0.338. The Morgan fingerprint density at radius 3 is 3.00 bits per heavy atom. The predicted octanol–water partition coefficient (Wildman–Crippen LogP) is 1.27. The first-order valence-electron chi connectivity index (χ1n) is 5.02. The lowest BCUT2D eigenvalue weighted by Crippen LogP contribution is -2.12. The van der Waals surface area contributed by atoms with Crippen LogP contribution in [0.25, 0.3) is 0 Å². The molecule has 0 aromatic heterocycles. The smallest absolute Gasteiger partial charge is 0.337 e. The molecule has 0 saturated carbocycles. The third kappa shape index (κ3) is 1.99. The summed E-state index contributed by atoms with van der Waals surface area (Å²) in [6.07, 6.45) is 0. The van der Waals surface area contributed by atoms with Gasteiger partial charge in [-0.2, -0.15) is 0 Å². The lowest BCUT2D eigenvalue weighted by atomic mass is 10.2. The maximum absolute atomic E-state index is 11.4. The largest absolute Gasteiger partial charge is 0.465 e. The average Bonchev–Trinajstić information content (AvgIpc) is 3.08.